The normalized spacial score (nSPS) is 10.2. The molecule has 0 aromatic carbocycles. The fraction of sp³-hybridized carbons (Fsp3) is 0.462. The van der Waals surface area contributed by atoms with E-state index in [0.29, 0.717) is 12.6 Å². The molecule has 0 fully saturated rings. The Balaban J connectivity index is 2.67. The molecule has 0 saturated carbocycles. The molecule has 0 unspecified atom stereocenters. The van der Waals surface area contributed by atoms with Crippen LogP contribution in [0.15, 0.2) is 18.2 Å². The molecule has 0 bridgehead atoms. The van der Waals surface area contributed by atoms with Crippen molar-refractivity contribution in [3.63, 3.8) is 0 Å². The minimum Gasteiger partial charge on any atom is -0.349 e. The van der Waals surface area contributed by atoms with Crippen LogP contribution in [0.25, 0.3) is 0 Å². The summed E-state index contributed by atoms with van der Waals surface area (Å²) in [6.07, 6.45) is 5.27. The summed E-state index contributed by atoms with van der Waals surface area (Å²) in [5.74, 6) is 3.52. The Labute approximate surface area is 97.9 Å². The Kier molecular flexibility index (Phi) is 4.81. The lowest BCUT2D eigenvalue weighted by Gasteiger charge is -2.16. The molecule has 3 heteroatoms. The summed E-state index contributed by atoms with van der Waals surface area (Å²) in [6.45, 7) is 5.60. The Morgan fingerprint density at radius 2 is 2.25 bits per heavy atom. The van der Waals surface area contributed by atoms with E-state index in [4.69, 9.17) is 6.42 Å². The van der Waals surface area contributed by atoms with Gasteiger partial charge in [-0.05, 0) is 12.1 Å². The second-order valence-corrected chi connectivity index (χ2v) is 4.08. The van der Waals surface area contributed by atoms with Crippen LogP contribution in [-0.2, 0) is 6.54 Å². The van der Waals surface area contributed by atoms with Crippen molar-refractivity contribution in [3.05, 3.63) is 23.9 Å². The number of pyridine rings is 1. The number of hydrogen-bond donors (Lipinski definition) is 1. The summed E-state index contributed by atoms with van der Waals surface area (Å²) in [7, 11) is 1.95. The summed E-state index contributed by atoms with van der Waals surface area (Å²) in [6, 6.07) is 6.46. The molecule has 0 spiro atoms. The van der Waals surface area contributed by atoms with Crippen molar-refractivity contribution in [3.8, 4) is 12.3 Å². The third-order valence-corrected chi connectivity index (χ3v) is 2.20. The van der Waals surface area contributed by atoms with Gasteiger partial charge in [0, 0.05) is 19.6 Å². The van der Waals surface area contributed by atoms with E-state index in [-0.39, 0.29) is 0 Å². The smallest absolute Gasteiger partial charge is 0.129 e. The Hall–Kier alpha value is -1.53. The minimum atomic E-state index is 0.467. The lowest BCUT2D eigenvalue weighted by molar-refractivity contribution is 0.581. The summed E-state index contributed by atoms with van der Waals surface area (Å²) in [4.78, 5) is 6.49. The fourth-order valence-corrected chi connectivity index (χ4v) is 1.30. The molecule has 0 amide bonds. The van der Waals surface area contributed by atoms with Gasteiger partial charge in [-0.3, -0.25) is 0 Å². The van der Waals surface area contributed by atoms with Gasteiger partial charge in [0.15, 0.2) is 0 Å². The van der Waals surface area contributed by atoms with Crippen LogP contribution in [0.3, 0.4) is 0 Å². The number of rotatable bonds is 5. The van der Waals surface area contributed by atoms with Gasteiger partial charge in [0.05, 0.1) is 12.2 Å². The Morgan fingerprint density at radius 1 is 1.50 bits per heavy atom. The van der Waals surface area contributed by atoms with Crippen molar-refractivity contribution in [1.29, 1.82) is 0 Å². The van der Waals surface area contributed by atoms with Crippen LogP contribution in [0.5, 0.6) is 0 Å². The summed E-state index contributed by atoms with van der Waals surface area (Å²) < 4.78 is 0. The van der Waals surface area contributed by atoms with Gasteiger partial charge in [-0.1, -0.05) is 25.8 Å². The van der Waals surface area contributed by atoms with Crippen molar-refractivity contribution in [2.45, 2.75) is 26.4 Å². The number of terminal acetylenes is 1. The van der Waals surface area contributed by atoms with Crippen LogP contribution in [0.4, 0.5) is 5.82 Å². The Morgan fingerprint density at radius 3 is 2.88 bits per heavy atom. The first kappa shape index (κ1) is 12.5. The average molecular weight is 217 g/mol. The standard InChI is InChI=1S/C13H19N3/c1-5-9-16(4)13-8-6-7-12(15-13)10-14-11(2)3/h1,6-8,11,14H,9-10H2,2-4H3. The summed E-state index contributed by atoms with van der Waals surface area (Å²) in [5, 5.41) is 3.34. The van der Waals surface area contributed by atoms with Crippen molar-refractivity contribution in [1.82, 2.24) is 10.3 Å². The van der Waals surface area contributed by atoms with Gasteiger partial charge in [-0.15, -0.1) is 6.42 Å². The predicted molar refractivity (Wildman–Crippen MR) is 68.3 cm³/mol. The van der Waals surface area contributed by atoms with E-state index in [2.05, 4.69) is 30.1 Å². The van der Waals surface area contributed by atoms with E-state index in [1.165, 1.54) is 0 Å². The highest BCUT2D eigenvalue weighted by Gasteiger charge is 2.02. The van der Waals surface area contributed by atoms with E-state index in [0.717, 1.165) is 18.1 Å². The van der Waals surface area contributed by atoms with Crippen LogP contribution >= 0.6 is 0 Å². The molecule has 1 aromatic heterocycles. The van der Waals surface area contributed by atoms with E-state index >= 15 is 0 Å². The van der Waals surface area contributed by atoms with Crippen molar-refractivity contribution in [2.24, 2.45) is 0 Å². The van der Waals surface area contributed by atoms with Crippen molar-refractivity contribution < 1.29 is 0 Å². The maximum Gasteiger partial charge on any atom is 0.129 e. The maximum absolute atomic E-state index is 5.27. The van der Waals surface area contributed by atoms with E-state index < -0.39 is 0 Å². The monoisotopic (exact) mass is 217 g/mol. The van der Waals surface area contributed by atoms with Gasteiger partial charge in [-0.2, -0.15) is 0 Å². The largest absolute Gasteiger partial charge is 0.349 e. The molecule has 1 N–H and O–H groups in total. The van der Waals surface area contributed by atoms with Crippen LogP contribution in [0, 0.1) is 12.3 Å². The van der Waals surface area contributed by atoms with E-state index in [1.54, 1.807) is 0 Å². The first-order valence-electron chi connectivity index (χ1n) is 5.47. The highest BCUT2D eigenvalue weighted by molar-refractivity contribution is 5.39. The SMILES string of the molecule is C#CCN(C)c1cccc(CNC(C)C)n1. The zero-order valence-corrected chi connectivity index (χ0v) is 10.2. The predicted octanol–water partition coefficient (Wildman–Crippen LogP) is 1.65. The molecule has 0 atom stereocenters. The minimum absolute atomic E-state index is 0.467. The molecule has 1 aromatic rings. The number of anilines is 1. The molecule has 86 valence electrons. The molecule has 0 saturated heterocycles. The van der Waals surface area contributed by atoms with Crippen molar-refractivity contribution in [2.75, 3.05) is 18.5 Å². The average Bonchev–Trinajstić information content (AvgIpc) is 2.27. The molecule has 0 aliphatic rings. The first-order valence-corrected chi connectivity index (χ1v) is 5.47. The molecule has 1 rings (SSSR count). The Bertz CT molecular complexity index is 366. The second kappa shape index (κ2) is 6.14. The lowest BCUT2D eigenvalue weighted by Crippen LogP contribution is -2.23. The molecular weight excluding hydrogens is 198 g/mol. The van der Waals surface area contributed by atoms with Gasteiger partial charge in [0.25, 0.3) is 0 Å². The number of nitrogens with one attached hydrogen (secondary N) is 1. The molecule has 1 heterocycles. The summed E-state index contributed by atoms with van der Waals surface area (Å²) >= 11 is 0. The van der Waals surface area contributed by atoms with Gasteiger partial charge in [-0.25, -0.2) is 4.98 Å². The lowest BCUT2D eigenvalue weighted by atomic mass is 10.3. The zero-order valence-electron chi connectivity index (χ0n) is 10.2. The van der Waals surface area contributed by atoms with Gasteiger partial charge in [0.2, 0.25) is 0 Å². The van der Waals surface area contributed by atoms with Crippen LogP contribution in [0.2, 0.25) is 0 Å². The third kappa shape index (κ3) is 3.92. The maximum atomic E-state index is 5.27. The van der Waals surface area contributed by atoms with Crippen LogP contribution in [0.1, 0.15) is 19.5 Å². The topological polar surface area (TPSA) is 28.2 Å². The van der Waals surface area contributed by atoms with E-state index in [1.807, 2.05) is 30.1 Å². The van der Waals surface area contributed by atoms with E-state index in [9.17, 15) is 0 Å². The first-order chi connectivity index (χ1) is 7.63. The van der Waals surface area contributed by atoms with Gasteiger partial charge >= 0.3 is 0 Å². The number of hydrogen-bond acceptors (Lipinski definition) is 3. The molecule has 0 aliphatic heterocycles. The van der Waals surface area contributed by atoms with Crippen molar-refractivity contribution >= 4 is 5.82 Å². The quantitative estimate of drug-likeness (QED) is 0.760. The summed E-state index contributed by atoms with van der Waals surface area (Å²) in [5.41, 5.74) is 1.04. The van der Waals surface area contributed by atoms with Crippen LogP contribution in [-0.4, -0.2) is 24.6 Å². The van der Waals surface area contributed by atoms with Crippen LogP contribution < -0.4 is 10.2 Å². The molecule has 3 nitrogen and oxygen atoms in total. The molecule has 0 radical (unpaired) electrons. The molecule has 0 aliphatic carbocycles. The molecular formula is C13H19N3. The highest BCUT2D eigenvalue weighted by Crippen LogP contribution is 2.09. The second-order valence-electron chi connectivity index (χ2n) is 4.08. The van der Waals surface area contributed by atoms with Gasteiger partial charge < -0.3 is 10.2 Å². The zero-order chi connectivity index (χ0) is 12.0. The number of nitrogens with zero attached hydrogens (tertiary/aromatic N) is 2. The highest BCUT2D eigenvalue weighted by atomic mass is 15.2. The third-order valence-electron chi connectivity index (χ3n) is 2.20. The number of aromatic nitrogens is 1. The van der Waals surface area contributed by atoms with Gasteiger partial charge in [0.1, 0.15) is 5.82 Å². The fourth-order valence-electron chi connectivity index (χ4n) is 1.30. The molecule has 16 heavy (non-hydrogen) atoms.